The summed E-state index contributed by atoms with van der Waals surface area (Å²) in [5.74, 6) is -0.530. The lowest BCUT2D eigenvalue weighted by Crippen LogP contribution is -2.37. The molecule has 5 rings (SSSR count). The van der Waals surface area contributed by atoms with Crippen LogP contribution in [0.3, 0.4) is 0 Å². The molecule has 0 amide bonds. The Bertz CT molecular complexity index is 2530. The van der Waals surface area contributed by atoms with Crippen molar-refractivity contribution in [1.29, 1.82) is 0 Å². The summed E-state index contributed by atoms with van der Waals surface area (Å²) < 4.78 is 23.2. The Morgan fingerprint density at radius 3 is 1.00 bits per heavy atom. The first-order valence-corrected chi connectivity index (χ1v) is 27.4. The maximum absolute atomic E-state index is 12.4. The summed E-state index contributed by atoms with van der Waals surface area (Å²) in [5.41, 5.74) is 0.193. The van der Waals surface area contributed by atoms with Crippen molar-refractivity contribution in [3.05, 3.63) is 156 Å². The van der Waals surface area contributed by atoms with Crippen LogP contribution >= 0.6 is 0 Å². The maximum atomic E-state index is 12.4. The summed E-state index contributed by atoms with van der Waals surface area (Å²) in [7, 11) is 0. The van der Waals surface area contributed by atoms with Gasteiger partial charge in [-0.15, -0.1) is 0 Å². The van der Waals surface area contributed by atoms with Gasteiger partial charge in [-0.1, -0.05) is 176 Å². The number of carbonyl (C=O) groups is 4. The molecule has 5 aromatic rings. The van der Waals surface area contributed by atoms with Crippen molar-refractivity contribution >= 4 is 34.6 Å². The first-order chi connectivity index (χ1) is 34.8. The molecule has 0 saturated carbocycles. The first-order valence-electron chi connectivity index (χ1n) is 27.4. The summed E-state index contributed by atoms with van der Waals surface area (Å²) in [6.07, 6.45) is 5.45. The molecule has 0 N–H and O–H groups in total. The fourth-order valence-electron chi connectivity index (χ4n) is 7.23. The van der Waals surface area contributed by atoms with Crippen LogP contribution in [0.15, 0.2) is 133 Å². The van der Waals surface area contributed by atoms with Crippen LogP contribution in [0.5, 0.6) is 0 Å². The second-order valence-corrected chi connectivity index (χ2v) is 23.5. The van der Waals surface area contributed by atoms with E-state index in [1.54, 1.807) is 0 Å². The van der Waals surface area contributed by atoms with Crippen molar-refractivity contribution in [1.82, 2.24) is 0 Å². The number of rotatable bonds is 19. The van der Waals surface area contributed by atoms with Crippen LogP contribution in [0.25, 0.3) is 10.8 Å². The van der Waals surface area contributed by atoms with Crippen molar-refractivity contribution in [3.8, 4) is 0 Å². The lowest BCUT2D eigenvalue weighted by Gasteiger charge is -2.35. The largest absolute Gasteiger partial charge is 0.454 e. The summed E-state index contributed by atoms with van der Waals surface area (Å²) in [6.45, 7) is 39.3. The third kappa shape index (κ3) is 18.5. The van der Waals surface area contributed by atoms with Crippen LogP contribution in [0.2, 0.25) is 0 Å². The summed E-state index contributed by atoms with van der Waals surface area (Å²) >= 11 is 0. The van der Waals surface area contributed by atoms with Crippen molar-refractivity contribution in [2.75, 3.05) is 0 Å². The van der Waals surface area contributed by atoms with E-state index in [-0.39, 0.29) is 23.9 Å². The Labute approximate surface area is 454 Å². The van der Waals surface area contributed by atoms with Crippen molar-refractivity contribution < 1.29 is 38.1 Å². The van der Waals surface area contributed by atoms with Crippen molar-refractivity contribution in [3.63, 3.8) is 0 Å². The van der Waals surface area contributed by atoms with E-state index in [0.29, 0.717) is 0 Å². The predicted octanol–water partition coefficient (Wildman–Crippen LogP) is 17.9. The molecule has 0 bridgehead atoms. The molecule has 8 heteroatoms. The van der Waals surface area contributed by atoms with E-state index in [9.17, 15) is 19.2 Å². The average Bonchev–Trinajstić information content (AvgIpc) is 3.40. The molecule has 8 nitrogen and oxygen atoms in total. The minimum absolute atomic E-state index is 0.109. The van der Waals surface area contributed by atoms with Gasteiger partial charge in [-0.25, -0.2) is 0 Å². The van der Waals surface area contributed by atoms with Gasteiger partial charge < -0.3 is 18.9 Å². The second kappa shape index (κ2) is 27.9. The number of carbonyl (C=O) groups excluding carboxylic acids is 4. The van der Waals surface area contributed by atoms with E-state index in [0.717, 1.165) is 72.6 Å². The SMILES string of the molecule is CCC(C)(C)C(=O)OC(C)(C)c1ccc2ccccc2c1.CCC(C)(C)C(=O)OC(C)(C)c1ccccc1.CCC(C)(C)C(=O)OC(C)(CC)c1ccccc1.CCC(C)(C)C(=O)OC(CC)(CC)c1ccccc1. The molecule has 0 radical (unpaired) electrons. The molecule has 0 aliphatic rings. The Hall–Kier alpha value is -5.76. The zero-order chi connectivity index (χ0) is 57.1. The van der Waals surface area contributed by atoms with Gasteiger partial charge in [0.1, 0.15) is 22.4 Å². The van der Waals surface area contributed by atoms with Gasteiger partial charge >= 0.3 is 23.9 Å². The van der Waals surface area contributed by atoms with Gasteiger partial charge in [-0.3, -0.25) is 19.2 Å². The summed E-state index contributed by atoms with van der Waals surface area (Å²) in [5, 5.41) is 2.35. The van der Waals surface area contributed by atoms with Crippen LogP contribution in [-0.4, -0.2) is 23.9 Å². The van der Waals surface area contributed by atoms with Crippen LogP contribution < -0.4 is 0 Å². The highest BCUT2D eigenvalue weighted by Crippen LogP contribution is 2.38. The highest BCUT2D eigenvalue weighted by molar-refractivity contribution is 5.83. The zero-order valence-corrected chi connectivity index (χ0v) is 49.9. The van der Waals surface area contributed by atoms with Gasteiger partial charge in [0, 0.05) is 0 Å². The van der Waals surface area contributed by atoms with Gasteiger partial charge in [-0.2, -0.15) is 0 Å². The second-order valence-electron chi connectivity index (χ2n) is 23.5. The number of hydrogen-bond acceptors (Lipinski definition) is 8. The molecule has 1 atom stereocenters. The van der Waals surface area contributed by atoms with Gasteiger partial charge in [0.15, 0.2) is 0 Å². The molecule has 1 unspecified atom stereocenters. The Morgan fingerprint density at radius 2 is 0.627 bits per heavy atom. The van der Waals surface area contributed by atoms with E-state index in [2.05, 4.69) is 38.1 Å². The Kier molecular flexibility index (Phi) is 24.3. The fraction of sp³-hybridized carbons (Fsp3) is 0.522. The monoisotopic (exact) mass is 1030 g/mol. The molecule has 0 aromatic heterocycles. The quantitative estimate of drug-likeness (QED) is 0.0595. The van der Waals surface area contributed by atoms with E-state index in [4.69, 9.17) is 18.9 Å². The molecule has 0 aliphatic carbocycles. The lowest BCUT2D eigenvalue weighted by atomic mass is 9.86. The van der Waals surface area contributed by atoms with Crippen molar-refractivity contribution in [2.45, 2.75) is 206 Å². The Morgan fingerprint density at radius 1 is 0.307 bits per heavy atom. The minimum atomic E-state index is -0.631. The maximum Gasteiger partial charge on any atom is 0.312 e. The number of hydrogen-bond donors (Lipinski definition) is 0. The third-order valence-corrected chi connectivity index (χ3v) is 15.5. The van der Waals surface area contributed by atoms with Gasteiger partial charge in [0.05, 0.1) is 21.7 Å². The molecule has 0 aliphatic heterocycles. The van der Waals surface area contributed by atoms with Gasteiger partial charge in [0.25, 0.3) is 0 Å². The zero-order valence-electron chi connectivity index (χ0n) is 49.9. The topological polar surface area (TPSA) is 105 Å². The number of esters is 4. The standard InChI is InChI=1S/C19H24O2.C17H26O2.C16H24O2.C15H22O2/c1-6-18(2,3)17(20)21-19(4,5)16-12-11-14-9-7-8-10-15(14)13-16;1-6-16(4,5)15(18)19-17(7-2,8-3)14-12-10-9-11-13-14;1-6-15(3,4)14(17)18-16(5,7-2)13-11-9-8-10-12-13;1-6-14(2,3)13(16)17-15(4,5)12-10-8-7-9-11-12/h7-13H,6H2,1-5H3;9-13H,6-8H2,1-5H3;8-12H,6-7H2,1-5H3;7-11H,6H2,1-5H3. The molecule has 0 heterocycles. The number of benzene rings is 5. The summed E-state index contributed by atoms with van der Waals surface area (Å²) in [4.78, 5) is 49.0. The molecule has 0 spiro atoms. The lowest BCUT2D eigenvalue weighted by molar-refractivity contribution is -0.173. The van der Waals surface area contributed by atoms with Gasteiger partial charge in [-0.05, 0) is 174 Å². The first kappa shape index (κ1) is 65.4. The van der Waals surface area contributed by atoms with E-state index in [1.165, 1.54) is 5.39 Å². The minimum Gasteiger partial charge on any atom is -0.454 e. The fourth-order valence-corrected chi connectivity index (χ4v) is 7.23. The highest BCUT2D eigenvalue weighted by atomic mass is 16.6. The Balaban J connectivity index is 0.000000343. The van der Waals surface area contributed by atoms with Crippen molar-refractivity contribution in [2.24, 2.45) is 21.7 Å². The highest BCUT2D eigenvalue weighted by Gasteiger charge is 2.39. The molecule has 75 heavy (non-hydrogen) atoms. The van der Waals surface area contributed by atoms with Crippen LogP contribution in [0.1, 0.15) is 206 Å². The molecular weight excluding hydrogens is 933 g/mol. The van der Waals surface area contributed by atoms with Crippen LogP contribution in [0, 0.1) is 21.7 Å². The normalized spacial score (nSPS) is 13.0. The number of ether oxygens (including phenoxy) is 4. The average molecular weight is 1030 g/mol. The molecule has 5 aromatic carbocycles. The third-order valence-electron chi connectivity index (χ3n) is 15.5. The van der Waals surface area contributed by atoms with E-state index < -0.39 is 44.1 Å². The molecule has 412 valence electrons. The molecule has 0 fully saturated rings. The van der Waals surface area contributed by atoms with Crippen LogP contribution in [-0.2, 0) is 60.5 Å². The van der Waals surface area contributed by atoms with Crippen LogP contribution in [0.4, 0.5) is 0 Å². The van der Waals surface area contributed by atoms with E-state index in [1.807, 2.05) is 234 Å². The van der Waals surface area contributed by atoms with Gasteiger partial charge in [0.2, 0.25) is 0 Å². The predicted molar refractivity (Wildman–Crippen MR) is 310 cm³/mol. The smallest absolute Gasteiger partial charge is 0.312 e. The molecule has 0 saturated heterocycles. The number of fused-ring (bicyclic) bond motifs is 1. The van der Waals surface area contributed by atoms with E-state index >= 15 is 0 Å². The summed E-state index contributed by atoms with van der Waals surface area (Å²) in [6, 6.07) is 44.2. The molecular formula is C67H96O8.